The minimum Gasteiger partial charge on any atom is -0.335 e. The van der Waals surface area contributed by atoms with Gasteiger partial charge in [-0.3, -0.25) is 15.6 Å². The van der Waals surface area contributed by atoms with Crippen molar-refractivity contribution >= 4 is 17.5 Å². The number of rotatable bonds is 7. The number of hydrogen-bond acceptors (Lipinski definition) is 3. The molecule has 23 heavy (non-hydrogen) atoms. The topological polar surface area (TPSA) is 44.4 Å². The van der Waals surface area contributed by atoms with Crippen LogP contribution in [0.25, 0.3) is 0 Å². The molecule has 1 aromatic carbocycles. The molecule has 2 N–H and O–H groups in total. The van der Waals surface area contributed by atoms with Gasteiger partial charge in [0.1, 0.15) is 5.82 Å². The molecule has 1 saturated heterocycles. The van der Waals surface area contributed by atoms with Crippen LogP contribution in [0.15, 0.2) is 18.2 Å². The first-order valence-electron chi connectivity index (χ1n) is 8.33. The summed E-state index contributed by atoms with van der Waals surface area (Å²) in [4.78, 5) is 14.4. The van der Waals surface area contributed by atoms with Gasteiger partial charge in [0.15, 0.2) is 0 Å². The van der Waals surface area contributed by atoms with E-state index >= 15 is 0 Å². The van der Waals surface area contributed by atoms with Crippen LogP contribution in [0.3, 0.4) is 0 Å². The lowest BCUT2D eigenvalue weighted by Gasteiger charge is -2.23. The standard InChI is InChI=1S/C17H23ClFN3O/c18-15-4-2-5-16(19)14(15)11-22(13-7-8-13)17(23)6-1-3-12-9-20-21-10-12/h2,4-5,12-13,20-21H,1,3,6-11H2. The Kier molecular flexibility index (Phi) is 5.51. The third kappa shape index (κ3) is 4.43. The molecule has 1 aromatic rings. The van der Waals surface area contributed by atoms with Crippen molar-refractivity contribution in [2.45, 2.75) is 44.7 Å². The van der Waals surface area contributed by atoms with Crippen molar-refractivity contribution in [2.24, 2.45) is 5.92 Å². The van der Waals surface area contributed by atoms with Gasteiger partial charge < -0.3 is 4.90 Å². The third-order valence-corrected chi connectivity index (χ3v) is 4.96. The molecule has 0 radical (unpaired) electrons. The van der Waals surface area contributed by atoms with Crippen LogP contribution in [0.1, 0.15) is 37.7 Å². The van der Waals surface area contributed by atoms with E-state index in [1.165, 1.54) is 6.07 Å². The predicted molar refractivity (Wildman–Crippen MR) is 88.3 cm³/mol. The van der Waals surface area contributed by atoms with E-state index < -0.39 is 0 Å². The second kappa shape index (κ2) is 7.60. The highest BCUT2D eigenvalue weighted by Gasteiger charge is 2.33. The molecule has 1 aliphatic carbocycles. The largest absolute Gasteiger partial charge is 0.335 e. The first-order valence-corrected chi connectivity index (χ1v) is 8.71. The second-order valence-electron chi connectivity index (χ2n) is 6.47. The van der Waals surface area contributed by atoms with E-state index in [9.17, 15) is 9.18 Å². The summed E-state index contributed by atoms with van der Waals surface area (Å²) in [6.45, 7) is 2.21. The third-order valence-electron chi connectivity index (χ3n) is 4.61. The molecular weight excluding hydrogens is 317 g/mol. The molecule has 0 aromatic heterocycles. The zero-order chi connectivity index (χ0) is 16.2. The molecule has 0 bridgehead atoms. The first kappa shape index (κ1) is 16.7. The van der Waals surface area contributed by atoms with E-state index in [2.05, 4.69) is 10.9 Å². The highest BCUT2D eigenvalue weighted by Crippen LogP contribution is 2.31. The Balaban J connectivity index is 1.56. The Bertz CT molecular complexity index is 539. The Morgan fingerprint density at radius 3 is 2.70 bits per heavy atom. The Morgan fingerprint density at radius 2 is 2.04 bits per heavy atom. The number of nitrogens with zero attached hydrogens (tertiary/aromatic N) is 1. The Hall–Kier alpha value is -1.17. The van der Waals surface area contributed by atoms with Gasteiger partial charge in [0.05, 0.1) is 6.54 Å². The average Bonchev–Trinajstić information content (AvgIpc) is 3.23. The van der Waals surface area contributed by atoms with Crippen LogP contribution < -0.4 is 10.9 Å². The summed E-state index contributed by atoms with van der Waals surface area (Å²) in [5.41, 5.74) is 6.64. The van der Waals surface area contributed by atoms with E-state index in [1.54, 1.807) is 12.1 Å². The van der Waals surface area contributed by atoms with Crippen LogP contribution in [0.5, 0.6) is 0 Å². The molecule has 0 atom stereocenters. The molecular formula is C17H23ClFN3O. The molecule has 4 nitrogen and oxygen atoms in total. The summed E-state index contributed by atoms with van der Waals surface area (Å²) in [6, 6.07) is 4.92. The number of nitrogens with one attached hydrogen (secondary N) is 2. The highest BCUT2D eigenvalue weighted by atomic mass is 35.5. The smallest absolute Gasteiger partial charge is 0.223 e. The molecule has 2 fully saturated rings. The van der Waals surface area contributed by atoms with Crippen molar-refractivity contribution in [2.75, 3.05) is 13.1 Å². The van der Waals surface area contributed by atoms with Crippen LogP contribution >= 0.6 is 11.6 Å². The summed E-state index contributed by atoms with van der Waals surface area (Å²) in [7, 11) is 0. The highest BCUT2D eigenvalue weighted by molar-refractivity contribution is 6.31. The van der Waals surface area contributed by atoms with E-state index in [0.29, 0.717) is 22.9 Å². The van der Waals surface area contributed by atoms with Gasteiger partial charge in [-0.25, -0.2) is 4.39 Å². The summed E-state index contributed by atoms with van der Waals surface area (Å²) < 4.78 is 14.0. The second-order valence-corrected chi connectivity index (χ2v) is 6.88. The summed E-state index contributed by atoms with van der Waals surface area (Å²) in [5, 5.41) is 0.395. The Morgan fingerprint density at radius 1 is 1.30 bits per heavy atom. The quantitative estimate of drug-likeness (QED) is 0.803. The molecule has 0 spiro atoms. The van der Waals surface area contributed by atoms with Gasteiger partial charge in [-0.1, -0.05) is 17.7 Å². The molecule has 1 saturated carbocycles. The number of benzene rings is 1. The molecule has 6 heteroatoms. The van der Waals surface area contributed by atoms with E-state index in [-0.39, 0.29) is 24.3 Å². The van der Waals surface area contributed by atoms with E-state index in [4.69, 9.17) is 11.6 Å². The number of carbonyl (C=O) groups excluding carboxylic acids is 1. The zero-order valence-electron chi connectivity index (χ0n) is 13.2. The number of hydrazine groups is 1. The lowest BCUT2D eigenvalue weighted by atomic mass is 10.0. The average molecular weight is 340 g/mol. The number of amides is 1. The van der Waals surface area contributed by atoms with Crippen LogP contribution in [0, 0.1) is 11.7 Å². The minimum absolute atomic E-state index is 0.116. The predicted octanol–water partition coefficient (Wildman–Crippen LogP) is 2.86. The maximum atomic E-state index is 14.0. The lowest BCUT2D eigenvalue weighted by molar-refractivity contribution is -0.132. The van der Waals surface area contributed by atoms with Gasteiger partial charge in [0.2, 0.25) is 5.91 Å². The van der Waals surface area contributed by atoms with Crippen molar-refractivity contribution < 1.29 is 9.18 Å². The Labute approximate surface area is 141 Å². The van der Waals surface area contributed by atoms with E-state index in [1.807, 2.05) is 4.90 Å². The summed E-state index contributed by atoms with van der Waals surface area (Å²) >= 11 is 6.10. The zero-order valence-corrected chi connectivity index (χ0v) is 13.9. The molecule has 0 unspecified atom stereocenters. The van der Waals surface area contributed by atoms with Crippen molar-refractivity contribution in [3.8, 4) is 0 Å². The fourth-order valence-corrected chi connectivity index (χ4v) is 3.28. The molecule has 1 aliphatic heterocycles. The van der Waals surface area contributed by atoms with Gasteiger partial charge in [0.25, 0.3) is 0 Å². The van der Waals surface area contributed by atoms with Gasteiger partial charge in [-0.15, -0.1) is 0 Å². The van der Waals surface area contributed by atoms with Crippen molar-refractivity contribution in [3.63, 3.8) is 0 Å². The fourth-order valence-electron chi connectivity index (χ4n) is 3.06. The van der Waals surface area contributed by atoms with Crippen molar-refractivity contribution in [3.05, 3.63) is 34.6 Å². The SMILES string of the molecule is O=C(CCCC1CNNC1)N(Cc1c(F)cccc1Cl)C1CC1. The molecule has 1 heterocycles. The number of hydrogen-bond donors (Lipinski definition) is 2. The van der Waals surface area contributed by atoms with Gasteiger partial charge in [-0.05, 0) is 43.7 Å². The fraction of sp³-hybridized carbons (Fsp3) is 0.588. The van der Waals surface area contributed by atoms with E-state index in [0.717, 1.165) is 38.8 Å². The van der Waals surface area contributed by atoms with Gasteiger partial charge >= 0.3 is 0 Å². The molecule has 2 aliphatic rings. The summed E-state index contributed by atoms with van der Waals surface area (Å²) in [6.07, 6.45) is 4.45. The monoisotopic (exact) mass is 339 g/mol. The van der Waals surface area contributed by atoms with Crippen LogP contribution in [0.4, 0.5) is 4.39 Å². The van der Waals surface area contributed by atoms with Crippen LogP contribution in [-0.2, 0) is 11.3 Å². The van der Waals surface area contributed by atoms with Gasteiger partial charge in [0, 0.05) is 36.1 Å². The van der Waals surface area contributed by atoms with Crippen LogP contribution in [-0.4, -0.2) is 29.9 Å². The number of carbonyl (C=O) groups is 1. The maximum absolute atomic E-state index is 14.0. The lowest BCUT2D eigenvalue weighted by Crippen LogP contribution is -2.33. The molecule has 126 valence electrons. The summed E-state index contributed by atoms with van der Waals surface area (Å²) in [5.74, 6) is 0.378. The van der Waals surface area contributed by atoms with Gasteiger partial charge in [-0.2, -0.15) is 0 Å². The molecule has 1 amide bonds. The maximum Gasteiger partial charge on any atom is 0.223 e. The number of halogens is 2. The van der Waals surface area contributed by atoms with Crippen molar-refractivity contribution in [1.82, 2.24) is 15.8 Å². The normalized spacial score (nSPS) is 18.3. The minimum atomic E-state index is -0.334. The van der Waals surface area contributed by atoms with Crippen LogP contribution in [0.2, 0.25) is 5.02 Å². The first-order chi connectivity index (χ1) is 11.1. The van der Waals surface area contributed by atoms with Crippen molar-refractivity contribution in [1.29, 1.82) is 0 Å². The molecule has 3 rings (SSSR count).